The van der Waals surface area contributed by atoms with Crippen molar-refractivity contribution in [2.24, 2.45) is 10.9 Å². The number of amides is 1. The summed E-state index contributed by atoms with van der Waals surface area (Å²) in [4.78, 5) is 18.0. The number of ether oxygens (including phenoxy) is 2. The van der Waals surface area contributed by atoms with Gasteiger partial charge in [0, 0.05) is 46.8 Å². The van der Waals surface area contributed by atoms with Gasteiger partial charge in [0.25, 0.3) is 0 Å². The lowest BCUT2D eigenvalue weighted by Crippen LogP contribution is -2.45. The maximum atomic E-state index is 11.6. The Labute approximate surface area is 120 Å². The van der Waals surface area contributed by atoms with E-state index in [0.717, 1.165) is 32.1 Å². The molecular formula is C13H26N4O3. The van der Waals surface area contributed by atoms with Crippen LogP contribution in [0.25, 0.3) is 0 Å². The summed E-state index contributed by atoms with van der Waals surface area (Å²) in [5.41, 5.74) is 0. The van der Waals surface area contributed by atoms with Gasteiger partial charge in [-0.1, -0.05) is 0 Å². The van der Waals surface area contributed by atoms with E-state index in [1.165, 1.54) is 0 Å². The SMILES string of the molecule is CN=C(NCC(=O)NCCOC)N1CCC(COC)C1. The van der Waals surface area contributed by atoms with Crippen molar-refractivity contribution in [2.45, 2.75) is 6.42 Å². The molecule has 1 aliphatic heterocycles. The van der Waals surface area contributed by atoms with Gasteiger partial charge in [-0.15, -0.1) is 0 Å². The number of likely N-dealkylation sites (tertiary alicyclic amines) is 1. The lowest BCUT2D eigenvalue weighted by molar-refractivity contribution is -0.120. The molecule has 1 rings (SSSR count). The molecule has 0 aromatic carbocycles. The number of methoxy groups -OCH3 is 2. The van der Waals surface area contributed by atoms with E-state index >= 15 is 0 Å². The molecule has 0 bridgehead atoms. The van der Waals surface area contributed by atoms with Crippen molar-refractivity contribution >= 4 is 11.9 Å². The number of carbonyl (C=O) groups excluding carboxylic acids is 1. The Hall–Kier alpha value is -1.34. The summed E-state index contributed by atoms with van der Waals surface area (Å²) >= 11 is 0. The maximum Gasteiger partial charge on any atom is 0.239 e. The smallest absolute Gasteiger partial charge is 0.239 e. The zero-order chi connectivity index (χ0) is 14.8. The first kappa shape index (κ1) is 16.7. The fourth-order valence-electron chi connectivity index (χ4n) is 2.24. The van der Waals surface area contributed by atoms with Crippen LogP contribution in [0.15, 0.2) is 4.99 Å². The molecule has 1 atom stereocenters. The summed E-state index contributed by atoms with van der Waals surface area (Å²) in [6, 6.07) is 0. The first-order valence-electron chi connectivity index (χ1n) is 6.91. The van der Waals surface area contributed by atoms with Crippen molar-refractivity contribution < 1.29 is 14.3 Å². The molecule has 1 saturated heterocycles. The minimum atomic E-state index is -0.0594. The number of nitrogens with one attached hydrogen (secondary N) is 2. The third-order valence-corrected chi connectivity index (χ3v) is 3.23. The maximum absolute atomic E-state index is 11.6. The Balaban J connectivity index is 2.28. The van der Waals surface area contributed by atoms with Crippen LogP contribution < -0.4 is 10.6 Å². The van der Waals surface area contributed by atoms with Crippen molar-refractivity contribution in [3.63, 3.8) is 0 Å². The van der Waals surface area contributed by atoms with Crippen LogP contribution in [0.2, 0.25) is 0 Å². The number of carbonyl (C=O) groups is 1. The Bertz CT molecular complexity index is 323. The third-order valence-electron chi connectivity index (χ3n) is 3.23. The Morgan fingerprint density at radius 3 is 2.80 bits per heavy atom. The molecule has 0 aromatic heterocycles. The number of nitrogens with zero attached hydrogens (tertiary/aromatic N) is 2. The van der Waals surface area contributed by atoms with Crippen LogP contribution in [0.1, 0.15) is 6.42 Å². The van der Waals surface area contributed by atoms with Gasteiger partial charge in [-0.3, -0.25) is 9.79 Å². The van der Waals surface area contributed by atoms with Crippen LogP contribution in [0.3, 0.4) is 0 Å². The minimum Gasteiger partial charge on any atom is -0.384 e. The summed E-state index contributed by atoms with van der Waals surface area (Å²) in [5, 5.41) is 5.85. The first-order chi connectivity index (χ1) is 9.71. The highest BCUT2D eigenvalue weighted by molar-refractivity contribution is 5.86. The summed E-state index contributed by atoms with van der Waals surface area (Å²) in [5.74, 6) is 1.25. The topological polar surface area (TPSA) is 75.2 Å². The van der Waals surface area contributed by atoms with Crippen LogP contribution in [0.4, 0.5) is 0 Å². The highest BCUT2D eigenvalue weighted by atomic mass is 16.5. The molecule has 0 radical (unpaired) electrons. The number of hydrogen-bond acceptors (Lipinski definition) is 4. The molecule has 0 saturated carbocycles. The third kappa shape index (κ3) is 5.75. The van der Waals surface area contributed by atoms with Crippen LogP contribution in [0.5, 0.6) is 0 Å². The second-order valence-electron chi connectivity index (χ2n) is 4.80. The molecule has 7 nitrogen and oxygen atoms in total. The van der Waals surface area contributed by atoms with E-state index in [1.807, 2.05) is 0 Å². The monoisotopic (exact) mass is 286 g/mol. The zero-order valence-electron chi connectivity index (χ0n) is 12.6. The van der Waals surface area contributed by atoms with Gasteiger partial charge in [-0.25, -0.2) is 0 Å². The summed E-state index contributed by atoms with van der Waals surface area (Å²) in [6.07, 6.45) is 1.09. The second-order valence-corrected chi connectivity index (χ2v) is 4.80. The average Bonchev–Trinajstić information content (AvgIpc) is 2.89. The molecule has 0 aromatic rings. The molecule has 1 heterocycles. The van der Waals surface area contributed by atoms with Crippen molar-refractivity contribution in [3.05, 3.63) is 0 Å². The van der Waals surface area contributed by atoms with Crippen LogP contribution in [0, 0.1) is 5.92 Å². The van der Waals surface area contributed by atoms with Gasteiger partial charge in [0.05, 0.1) is 19.8 Å². The van der Waals surface area contributed by atoms with E-state index in [0.29, 0.717) is 19.1 Å². The fourth-order valence-corrected chi connectivity index (χ4v) is 2.24. The lowest BCUT2D eigenvalue weighted by Gasteiger charge is -2.21. The molecule has 0 spiro atoms. The predicted octanol–water partition coefficient (Wildman–Crippen LogP) is -0.707. The van der Waals surface area contributed by atoms with E-state index in [4.69, 9.17) is 9.47 Å². The number of aliphatic imine (C=N–C) groups is 1. The van der Waals surface area contributed by atoms with E-state index < -0.39 is 0 Å². The molecule has 2 N–H and O–H groups in total. The number of rotatable bonds is 7. The summed E-state index contributed by atoms with van der Waals surface area (Å²) in [7, 11) is 5.06. The van der Waals surface area contributed by atoms with Crippen molar-refractivity contribution in [2.75, 3.05) is 60.7 Å². The Morgan fingerprint density at radius 2 is 2.15 bits per heavy atom. The fraction of sp³-hybridized carbons (Fsp3) is 0.846. The lowest BCUT2D eigenvalue weighted by atomic mass is 10.1. The van der Waals surface area contributed by atoms with Crippen LogP contribution in [-0.4, -0.2) is 77.4 Å². The quantitative estimate of drug-likeness (QED) is 0.367. The van der Waals surface area contributed by atoms with Gasteiger partial charge in [0.2, 0.25) is 5.91 Å². The van der Waals surface area contributed by atoms with Crippen molar-refractivity contribution in [1.29, 1.82) is 0 Å². The van der Waals surface area contributed by atoms with Crippen LogP contribution >= 0.6 is 0 Å². The van der Waals surface area contributed by atoms with Gasteiger partial charge in [-0.2, -0.15) is 0 Å². The summed E-state index contributed by atoms with van der Waals surface area (Å²) in [6.45, 7) is 3.89. The molecule has 7 heteroatoms. The second kappa shape index (κ2) is 9.55. The normalized spacial score (nSPS) is 19.2. The average molecular weight is 286 g/mol. The Kier molecular flexibility index (Phi) is 7.98. The van der Waals surface area contributed by atoms with Gasteiger partial charge in [-0.05, 0) is 6.42 Å². The van der Waals surface area contributed by atoms with Crippen LogP contribution in [-0.2, 0) is 14.3 Å². The molecule has 1 unspecified atom stereocenters. The van der Waals surface area contributed by atoms with E-state index in [9.17, 15) is 4.79 Å². The van der Waals surface area contributed by atoms with Gasteiger partial charge in [0.15, 0.2) is 5.96 Å². The number of guanidine groups is 1. The molecule has 1 amide bonds. The molecule has 1 aliphatic rings. The highest BCUT2D eigenvalue weighted by Crippen LogP contribution is 2.16. The first-order valence-corrected chi connectivity index (χ1v) is 6.91. The largest absolute Gasteiger partial charge is 0.384 e. The molecule has 1 fully saturated rings. The summed E-state index contributed by atoms with van der Waals surface area (Å²) < 4.78 is 10.1. The van der Waals surface area contributed by atoms with E-state index in [1.54, 1.807) is 21.3 Å². The molecule has 20 heavy (non-hydrogen) atoms. The van der Waals surface area contributed by atoms with Gasteiger partial charge < -0.3 is 25.0 Å². The van der Waals surface area contributed by atoms with Crippen molar-refractivity contribution in [1.82, 2.24) is 15.5 Å². The highest BCUT2D eigenvalue weighted by Gasteiger charge is 2.24. The predicted molar refractivity (Wildman–Crippen MR) is 77.8 cm³/mol. The Morgan fingerprint density at radius 1 is 1.35 bits per heavy atom. The molecule has 0 aliphatic carbocycles. The minimum absolute atomic E-state index is 0.0594. The molecular weight excluding hydrogens is 260 g/mol. The van der Waals surface area contributed by atoms with Crippen molar-refractivity contribution in [3.8, 4) is 0 Å². The van der Waals surface area contributed by atoms with E-state index in [-0.39, 0.29) is 12.5 Å². The molecule has 116 valence electrons. The van der Waals surface area contributed by atoms with E-state index in [2.05, 4.69) is 20.5 Å². The van der Waals surface area contributed by atoms with Gasteiger partial charge in [0.1, 0.15) is 0 Å². The number of hydrogen-bond donors (Lipinski definition) is 2. The standard InChI is InChI=1S/C13H26N4O3/c1-14-13(16-8-12(18)15-5-7-19-2)17-6-4-11(9-17)10-20-3/h11H,4-10H2,1-3H3,(H,14,16)(H,15,18). The van der Waals surface area contributed by atoms with Gasteiger partial charge >= 0.3 is 0 Å². The zero-order valence-corrected chi connectivity index (χ0v) is 12.6.